The van der Waals surface area contributed by atoms with E-state index in [0.29, 0.717) is 21.2 Å². The molecule has 0 saturated heterocycles. The van der Waals surface area contributed by atoms with Crippen molar-refractivity contribution < 1.29 is 9.18 Å². The van der Waals surface area contributed by atoms with Crippen molar-refractivity contribution in [2.75, 3.05) is 0 Å². The second kappa shape index (κ2) is 4.58. The van der Waals surface area contributed by atoms with E-state index in [-0.39, 0.29) is 5.82 Å². The van der Waals surface area contributed by atoms with Gasteiger partial charge in [0.05, 0.1) is 4.47 Å². The molecule has 1 nitrogen and oxygen atoms in total. The van der Waals surface area contributed by atoms with Gasteiger partial charge < -0.3 is 0 Å². The second-order valence-electron chi connectivity index (χ2n) is 3.34. The lowest BCUT2D eigenvalue weighted by Crippen LogP contribution is -1.87. The maximum atomic E-state index is 13.8. The van der Waals surface area contributed by atoms with Crippen molar-refractivity contribution in [2.24, 2.45) is 0 Å². The highest BCUT2D eigenvalue weighted by Gasteiger charge is 2.08. The molecule has 16 heavy (non-hydrogen) atoms. The van der Waals surface area contributed by atoms with E-state index in [1.54, 1.807) is 42.5 Å². The highest BCUT2D eigenvalue weighted by Crippen LogP contribution is 2.27. The number of hydrogen-bond donors (Lipinski definition) is 0. The summed E-state index contributed by atoms with van der Waals surface area (Å²) < 4.78 is 14.2. The highest BCUT2D eigenvalue weighted by atomic mass is 79.9. The minimum atomic E-state index is -0.314. The minimum Gasteiger partial charge on any atom is -0.298 e. The van der Waals surface area contributed by atoms with E-state index in [0.717, 1.165) is 6.29 Å². The van der Waals surface area contributed by atoms with Crippen LogP contribution >= 0.6 is 15.9 Å². The van der Waals surface area contributed by atoms with Crippen LogP contribution in [0.25, 0.3) is 11.1 Å². The summed E-state index contributed by atoms with van der Waals surface area (Å²) >= 11 is 3.13. The summed E-state index contributed by atoms with van der Waals surface area (Å²) in [4.78, 5) is 10.6. The van der Waals surface area contributed by atoms with Gasteiger partial charge in [-0.3, -0.25) is 4.79 Å². The first-order chi connectivity index (χ1) is 7.72. The van der Waals surface area contributed by atoms with Crippen LogP contribution in [0.1, 0.15) is 10.4 Å². The SMILES string of the molecule is O=Cc1cccc(-c2cccc(Br)c2F)c1. The van der Waals surface area contributed by atoms with Crippen LogP contribution in [0.5, 0.6) is 0 Å². The van der Waals surface area contributed by atoms with Crippen molar-refractivity contribution in [1.29, 1.82) is 0 Å². The van der Waals surface area contributed by atoms with Gasteiger partial charge in [0.15, 0.2) is 0 Å². The van der Waals surface area contributed by atoms with Crippen LogP contribution in [0.2, 0.25) is 0 Å². The topological polar surface area (TPSA) is 17.1 Å². The lowest BCUT2D eigenvalue weighted by atomic mass is 10.0. The van der Waals surface area contributed by atoms with Gasteiger partial charge in [-0.05, 0) is 33.6 Å². The van der Waals surface area contributed by atoms with Gasteiger partial charge in [0.2, 0.25) is 0 Å². The second-order valence-corrected chi connectivity index (χ2v) is 4.20. The summed E-state index contributed by atoms with van der Waals surface area (Å²) in [7, 11) is 0. The molecular formula is C13H8BrFO. The molecule has 0 amide bonds. The Morgan fingerprint density at radius 1 is 1.12 bits per heavy atom. The average molecular weight is 279 g/mol. The summed E-state index contributed by atoms with van der Waals surface area (Å²) in [6.07, 6.45) is 0.749. The van der Waals surface area contributed by atoms with Gasteiger partial charge >= 0.3 is 0 Å². The molecule has 2 rings (SSSR count). The molecule has 0 heterocycles. The maximum Gasteiger partial charge on any atom is 0.150 e. The van der Waals surface area contributed by atoms with Crippen LogP contribution in [-0.2, 0) is 0 Å². The molecule has 0 aliphatic heterocycles. The van der Waals surface area contributed by atoms with Gasteiger partial charge in [0.1, 0.15) is 12.1 Å². The molecule has 0 spiro atoms. The van der Waals surface area contributed by atoms with E-state index in [4.69, 9.17) is 0 Å². The van der Waals surface area contributed by atoms with E-state index in [9.17, 15) is 9.18 Å². The van der Waals surface area contributed by atoms with Crippen LogP contribution in [-0.4, -0.2) is 6.29 Å². The van der Waals surface area contributed by atoms with Crippen molar-refractivity contribution in [3.63, 3.8) is 0 Å². The molecule has 0 aromatic heterocycles. The number of carbonyl (C=O) groups is 1. The number of hydrogen-bond acceptors (Lipinski definition) is 1. The first kappa shape index (κ1) is 11.0. The first-order valence-electron chi connectivity index (χ1n) is 4.72. The fraction of sp³-hybridized carbons (Fsp3) is 0. The Labute approximate surface area is 101 Å². The molecule has 0 fully saturated rings. The Bertz CT molecular complexity index is 537. The number of benzene rings is 2. The molecule has 3 heteroatoms. The summed E-state index contributed by atoms with van der Waals surface area (Å²) in [6.45, 7) is 0. The van der Waals surface area contributed by atoms with Crippen molar-refractivity contribution in [3.05, 3.63) is 58.3 Å². The molecule has 0 N–H and O–H groups in total. The van der Waals surface area contributed by atoms with Gasteiger partial charge in [0, 0.05) is 11.1 Å². The van der Waals surface area contributed by atoms with Gasteiger partial charge in [-0.25, -0.2) is 4.39 Å². The third kappa shape index (κ3) is 2.04. The summed E-state index contributed by atoms with van der Waals surface area (Å²) in [5, 5.41) is 0. The Morgan fingerprint density at radius 2 is 1.88 bits per heavy atom. The molecule has 2 aromatic rings. The fourth-order valence-electron chi connectivity index (χ4n) is 1.51. The molecule has 0 unspecified atom stereocenters. The smallest absolute Gasteiger partial charge is 0.150 e. The molecule has 0 radical (unpaired) electrons. The Kier molecular flexibility index (Phi) is 3.15. The normalized spacial score (nSPS) is 10.1. The van der Waals surface area contributed by atoms with Crippen LogP contribution in [0.3, 0.4) is 0 Å². The van der Waals surface area contributed by atoms with Gasteiger partial charge in [0.25, 0.3) is 0 Å². The Morgan fingerprint density at radius 3 is 2.62 bits per heavy atom. The highest BCUT2D eigenvalue weighted by molar-refractivity contribution is 9.10. The average Bonchev–Trinajstić information content (AvgIpc) is 2.33. The monoisotopic (exact) mass is 278 g/mol. The van der Waals surface area contributed by atoms with Crippen molar-refractivity contribution in [3.8, 4) is 11.1 Å². The van der Waals surface area contributed by atoms with E-state index >= 15 is 0 Å². The lowest BCUT2D eigenvalue weighted by Gasteiger charge is -2.05. The third-order valence-corrected chi connectivity index (χ3v) is 2.90. The van der Waals surface area contributed by atoms with E-state index < -0.39 is 0 Å². The minimum absolute atomic E-state index is 0.314. The molecular weight excluding hydrogens is 271 g/mol. The quantitative estimate of drug-likeness (QED) is 0.757. The first-order valence-corrected chi connectivity index (χ1v) is 5.51. The number of aldehydes is 1. The predicted octanol–water partition coefficient (Wildman–Crippen LogP) is 4.07. The number of carbonyl (C=O) groups excluding carboxylic acids is 1. The van der Waals surface area contributed by atoms with Crippen LogP contribution in [0.15, 0.2) is 46.9 Å². The zero-order valence-electron chi connectivity index (χ0n) is 8.28. The number of rotatable bonds is 2. The van der Waals surface area contributed by atoms with Gasteiger partial charge in [-0.2, -0.15) is 0 Å². The fourth-order valence-corrected chi connectivity index (χ4v) is 1.87. The van der Waals surface area contributed by atoms with E-state index in [1.807, 2.05) is 0 Å². The molecule has 0 aliphatic carbocycles. The van der Waals surface area contributed by atoms with Crippen molar-refractivity contribution in [1.82, 2.24) is 0 Å². The Balaban J connectivity index is 2.58. The molecule has 0 bridgehead atoms. The van der Waals surface area contributed by atoms with Crippen LogP contribution in [0.4, 0.5) is 4.39 Å². The summed E-state index contributed by atoms with van der Waals surface area (Å²) in [5.41, 5.74) is 1.72. The summed E-state index contributed by atoms with van der Waals surface area (Å²) in [5.74, 6) is -0.314. The molecule has 80 valence electrons. The zero-order valence-corrected chi connectivity index (χ0v) is 9.87. The van der Waals surface area contributed by atoms with Crippen LogP contribution in [0, 0.1) is 5.82 Å². The molecule has 0 saturated carbocycles. The molecule has 0 atom stereocenters. The molecule has 2 aromatic carbocycles. The standard InChI is InChI=1S/C13H8BrFO/c14-12-6-2-5-11(13(12)15)10-4-1-3-9(7-10)8-16/h1-8H. The molecule has 0 aliphatic rings. The van der Waals surface area contributed by atoms with Crippen molar-refractivity contribution in [2.45, 2.75) is 0 Å². The van der Waals surface area contributed by atoms with Crippen molar-refractivity contribution >= 4 is 22.2 Å². The van der Waals surface area contributed by atoms with Gasteiger partial charge in [-0.1, -0.05) is 30.3 Å². The van der Waals surface area contributed by atoms with E-state index in [2.05, 4.69) is 15.9 Å². The maximum absolute atomic E-state index is 13.8. The third-order valence-electron chi connectivity index (χ3n) is 2.29. The zero-order chi connectivity index (χ0) is 11.5. The lowest BCUT2D eigenvalue weighted by molar-refractivity contribution is 0.112. The Hall–Kier alpha value is -1.48. The largest absolute Gasteiger partial charge is 0.298 e. The number of halogens is 2. The predicted molar refractivity (Wildman–Crippen MR) is 64.9 cm³/mol. The van der Waals surface area contributed by atoms with Crippen LogP contribution < -0.4 is 0 Å². The van der Waals surface area contributed by atoms with Gasteiger partial charge in [-0.15, -0.1) is 0 Å². The van der Waals surface area contributed by atoms with E-state index in [1.165, 1.54) is 0 Å². The summed E-state index contributed by atoms with van der Waals surface area (Å²) in [6, 6.07) is 11.9.